The van der Waals surface area contributed by atoms with E-state index in [4.69, 9.17) is 21.1 Å². The molecule has 1 saturated heterocycles. The number of halogens is 1. The quantitative estimate of drug-likeness (QED) is 0.511. The second-order valence-corrected chi connectivity index (χ2v) is 7.19. The number of carbonyl (C=O) groups is 2. The Morgan fingerprint density at radius 3 is 2.76 bits per heavy atom. The molecule has 1 aliphatic heterocycles. The number of ether oxygens (including phenoxy) is 2. The van der Waals surface area contributed by atoms with E-state index in [0.29, 0.717) is 23.0 Å². The number of esters is 1. The Balaban J connectivity index is 1.61. The molecule has 8 heteroatoms. The number of aromatic nitrogens is 2. The van der Waals surface area contributed by atoms with Crippen LogP contribution in [0.4, 0.5) is 0 Å². The Hall–Kier alpha value is -2.80. The zero-order valence-corrected chi connectivity index (χ0v) is 17.3. The lowest BCUT2D eigenvalue weighted by Gasteiger charge is -2.14. The van der Waals surface area contributed by atoms with Crippen molar-refractivity contribution in [3.63, 3.8) is 0 Å². The van der Waals surface area contributed by atoms with Gasteiger partial charge in [-0.25, -0.2) is 9.48 Å². The first-order valence-electron chi connectivity index (χ1n) is 9.46. The van der Waals surface area contributed by atoms with Crippen LogP contribution in [0.15, 0.2) is 30.3 Å². The standard InChI is InChI=1S/C21H24ClN3O4/c1-15-18(8-9-20(27)29-14-19(26)24-10-3-4-11-24)21(22)25(23-15)13-16-6-5-7-17(12-16)28-2/h5-9,12H,3-4,10-11,13-14H2,1-2H3/b9-8+. The van der Waals surface area contributed by atoms with E-state index >= 15 is 0 Å². The molecular weight excluding hydrogens is 394 g/mol. The molecule has 0 aliphatic carbocycles. The molecule has 0 radical (unpaired) electrons. The highest BCUT2D eigenvalue weighted by Crippen LogP contribution is 2.23. The van der Waals surface area contributed by atoms with Crippen LogP contribution in [0, 0.1) is 6.92 Å². The number of carbonyl (C=O) groups excluding carboxylic acids is 2. The number of hydrogen-bond acceptors (Lipinski definition) is 5. The third-order valence-corrected chi connectivity index (χ3v) is 5.16. The number of rotatable bonds is 7. The average molecular weight is 418 g/mol. The van der Waals surface area contributed by atoms with Crippen LogP contribution in [0.1, 0.15) is 29.7 Å². The molecule has 0 saturated carbocycles. The molecule has 2 heterocycles. The molecule has 0 N–H and O–H groups in total. The molecule has 0 unspecified atom stereocenters. The van der Waals surface area contributed by atoms with Crippen molar-refractivity contribution in [2.75, 3.05) is 26.8 Å². The SMILES string of the molecule is COc1cccc(Cn2nc(C)c(/C=C/C(=O)OCC(=O)N3CCCC3)c2Cl)c1. The molecule has 1 aromatic heterocycles. The number of aryl methyl sites for hydroxylation is 1. The van der Waals surface area contributed by atoms with E-state index in [0.717, 1.165) is 37.2 Å². The summed E-state index contributed by atoms with van der Waals surface area (Å²) >= 11 is 6.46. The predicted octanol–water partition coefficient (Wildman–Crippen LogP) is 3.08. The highest BCUT2D eigenvalue weighted by atomic mass is 35.5. The van der Waals surface area contributed by atoms with Crippen molar-refractivity contribution in [2.45, 2.75) is 26.3 Å². The van der Waals surface area contributed by atoms with Crippen molar-refractivity contribution in [2.24, 2.45) is 0 Å². The number of methoxy groups -OCH3 is 1. The maximum absolute atomic E-state index is 12.0. The van der Waals surface area contributed by atoms with Crippen LogP contribution in [0.2, 0.25) is 5.15 Å². The lowest BCUT2D eigenvalue weighted by atomic mass is 10.2. The number of nitrogens with zero attached hydrogens (tertiary/aromatic N) is 3. The summed E-state index contributed by atoms with van der Waals surface area (Å²) in [6.45, 7) is 3.50. The van der Waals surface area contributed by atoms with Crippen molar-refractivity contribution < 1.29 is 19.1 Å². The van der Waals surface area contributed by atoms with Crippen molar-refractivity contribution in [1.82, 2.24) is 14.7 Å². The molecule has 0 atom stereocenters. The van der Waals surface area contributed by atoms with Crippen LogP contribution < -0.4 is 4.74 Å². The van der Waals surface area contributed by atoms with Gasteiger partial charge in [-0.15, -0.1) is 0 Å². The minimum Gasteiger partial charge on any atom is -0.497 e. The highest BCUT2D eigenvalue weighted by Gasteiger charge is 2.19. The van der Waals surface area contributed by atoms with Gasteiger partial charge >= 0.3 is 5.97 Å². The molecule has 1 fully saturated rings. The summed E-state index contributed by atoms with van der Waals surface area (Å²) in [4.78, 5) is 25.6. The molecule has 0 spiro atoms. The van der Waals surface area contributed by atoms with Gasteiger partial charge in [-0.1, -0.05) is 23.7 Å². The Labute approximate surface area is 174 Å². The van der Waals surface area contributed by atoms with Crippen molar-refractivity contribution in [3.8, 4) is 5.75 Å². The lowest BCUT2D eigenvalue weighted by molar-refractivity contribution is -0.147. The molecule has 1 aliphatic rings. The van der Waals surface area contributed by atoms with Crippen LogP contribution in [0.5, 0.6) is 5.75 Å². The van der Waals surface area contributed by atoms with E-state index in [2.05, 4.69) is 5.10 Å². The minimum atomic E-state index is -0.589. The number of likely N-dealkylation sites (tertiary alicyclic amines) is 1. The first-order valence-corrected chi connectivity index (χ1v) is 9.84. The van der Waals surface area contributed by atoms with Gasteiger partial charge in [0.2, 0.25) is 0 Å². The lowest BCUT2D eigenvalue weighted by Crippen LogP contribution is -2.31. The fourth-order valence-electron chi connectivity index (χ4n) is 3.20. The van der Waals surface area contributed by atoms with Crippen molar-refractivity contribution >= 4 is 29.6 Å². The first-order chi connectivity index (χ1) is 14.0. The second kappa shape index (κ2) is 9.60. The van der Waals surface area contributed by atoms with Gasteiger partial charge in [0.1, 0.15) is 10.9 Å². The van der Waals surface area contributed by atoms with E-state index in [-0.39, 0.29) is 12.5 Å². The number of amides is 1. The van der Waals surface area contributed by atoms with Gasteiger partial charge in [-0.3, -0.25) is 4.79 Å². The zero-order chi connectivity index (χ0) is 20.8. The molecule has 154 valence electrons. The van der Waals surface area contributed by atoms with Gasteiger partial charge in [0.05, 0.1) is 19.3 Å². The first kappa shape index (κ1) is 20.9. The third kappa shape index (κ3) is 5.38. The summed E-state index contributed by atoms with van der Waals surface area (Å²) in [5.74, 6) is 0.00646. The van der Waals surface area contributed by atoms with E-state index in [1.807, 2.05) is 31.2 Å². The second-order valence-electron chi connectivity index (χ2n) is 6.83. The molecule has 3 rings (SSSR count). The average Bonchev–Trinajstić information content (AvgIpc) is 3.34. The van der Waals surface area contributed by atoms with Crippen molar-refractivity contribution in [1.29, 1.82) is 0 Å². The summed E-state index contributed by atoms with van der Waals surface area (Å²) in [5.41, 5.74) is 2.32. The number of benzene rings is 1. The van der Waals surface area contributed by atoms with Crippen LogP contribution in [-0.4, -0.2) is 53.4 Å². The van der Waals surface area contributed by atoms with Gasteiger partial charge in [0.15, 0.2) is 6.61 Å². The molecule has 0 bridgehead atoms. The van der Waals surface area contributed by atoms with E-state index in [1.54, 1.807) is 22.8 Å². The summed E-state index contributed by atoms with van der Waals surface area (Å²) in [6, 6.07) is 7.64. The third-order valence-electron chi connectivity index (χ3n) is 4.76. The van der Waals surface area contributed by atoms with Crippen LogP contribution >= 0.6 is 11.6 Å². The monoisotopic (exact) mass is 417 g/mol. The topological polar surface area (TPSA) is 73.7 Å². The molecule has 1 aromatic carbocycles. The summed E-state index contributed by atoms with van der Waals surface area (Å²) < 4.78 is 11.9. The normalized spacial score (nSPS) is 13.8. The molecule has 7 nitrogen and oxygen atoms in total. The van der Waals surface area contributed by atoms with E-state index in [1.165, 1.54) is 6.08 Å². The molecular formula is C21H24ClN3O4. The highest BCUT2D eigenvalue weighted by molar-refractivity contribution is 6.31. The van der Waals surface area contributed by atoms with Crippen LogP contribution in [0.3, 0.4) is 0 Å². The maximum Gasteiger partial charge on any atom is 0.331 e. The van der Waals surface area contributed by atoms with E-state index in [9.17, 15) is 9.59 Å². The predicted molar refractivity (Wildman–Crippen MR) is 110 cm³/mol. The molecule has 2 aromatic rings. The smallest absolute Gasteiger partial charge is 0.331 e. The Morgan fingerprint density at radius 2 is 2.03 bits per heavy atom. The van der Waals surface area contributed by atoms with Crippen molar-refractivity contribution in [3.05, 3.63) is 52.3 Å². The maximum atomic E-state index is 12.0. The molecule has 29 heavy (non-hydrogen) atoms. The van der Waals surface area contributed by atoms with Gasteiger partial charge < -0.3 is 14.4 Å². The zero-order valence-electron chi connectivity index (χ0n) is 16.6. The molecule has 1 amide bonds. The fraction of sp³-hybridized carbons (Fsp3) is 0.381. The van der Waals surface area contributed by atoms with E-state index < -0.39 is 5.97 Å². The summed E-state index contributed by atoms with van der Waals surface area (Å²) in [5, 5.41) is 4.86. The number of hydrogen-bond donors (Lipinski definition) is 0. The van der Waals surface area contributed by atoms with Crippen LogP contribution in [-0.2, 0) is 20.9 Å². The fourth-order valence-corrected chi connectivity index (χ4v) is 3.49. The minimum absolute atomic E-state index is 0.162. The largest absolute Gasteiger partial charge is 0.497 e. The Kier molecular flexibility index (Phi) is 6.93. The van der Waals surface area contributed by atoms with Gasteiger partial charge in [-0.2, -0.15) is 5.10 Å². The summed E-state index contributed by atoms with van der Waals surface area (Å²) in [6.07, 6.45) is 4.83. The Bertz CT molecular complexity index is 917. The Morgan fingerprint density at radius 1 is 1.28 bits per heavy atom. The van der Waals surface area contributed by atoms with Gasteiger partial charge in [0, 0.05) is 24.7 Å². The van der Waals surface area contributed by atoms with Gasteiger partial charge in [-0.05, 0) is 43.5 Å². The van der Waals surface area contributed by atoms with Gasteiger partial charge in [0.25, 0.3) is 5.91 Å². The summed E-state index contributed by atoms with van der Waals surface area (Å²) in [7, 11) is 1.62. The van der Waals surface area contributed by atoms with Crippen LogP contribution in [0.25, 0.3) is 6.08 Å².